The fourth-order valence-electron chi connectivity index (χ4n) is 7.50. The number of carbonyl (C=O) groups excluding carboxylic acids is 4. The number of imidazole rings is 1. The molecule has 2 aliphatic rings. The van der Waals surface area contributed by atoms with Crippen molar-refractivity contribution in [1.29, 1.82) is 0 Å². The van der Waals surface area contributed by atoms with Crippen LogP contribution in [-0.4, -0.2) is 122 Å². The predicted molar refractivity (Wildman–Crippen MR) is 214 cm³/mol. The lowest BCUT2D eigenvalue weighted by atomic mass is 10.00. The summed E-state index contributed by atoms with van der Waals surface area (Å²) >= 11 is 6.56. The molecule has 0 bridgehead atoms. The van der Waals surface area contributed by atoms with Crippen molar-refractivity contribution in [1.82, 2.24) is 38.9 Å². The van der Waals surface area contributed by atoms with Gasteiger partial charge in [-0.2, -0.15) is 5.10 Å². The van der Waals surface area contributed by atoms with Crippen LogP contribution in [0.1, 0.15) is 65.7 Å². The number of anilines is 1. The Hall–Kier alpha value is -5.15. The molecular weight excluding hydrogens is 756 g/mol. The average Bonchev–Trinajstić information content (AvgIpc) is 3.76. The first kappa shape index (κ1) is 41.5. The quantitative estimate of drug-likeness (QED) is 0.194. The minimum absolute atomic E-state index is 0.00185. The van der Waals surface area contributed by atoms with Crippen molar-refractivity contribution in [2.75, 3.05) is 65.2 Å². The van der Waals surface area contributed by atoms with Gasteiger partial charge in [0.1, 0.15) is 6.54 Å². The van der Waals surface area contributed by atoms with E-state index in [9.17, 15) is 19.2 Å². The van der Waals surface area contributed by atoms with E-state index in [4.69, 9.17) is 11.6 Å². The summed E-state index contributed by atoms with van der Waals surface area (Å²) in [7, 11) is 5.49. The number of aromatic nitrogens is 4. The Morgan fingerprint density at radius 3 is 2.23 bits per heavy atom. The molecule has 1 unspecified atom stereocenters. The molecule has 2 saturated heterocycles. The molecule has 2 aromatic carbocycles. The topological polar surface area (TPSA) is 129 Å². The molecule has 57 heavy (non-hydrogen) atoms. The smallest absolute Gasteiger partial charge is 0.291 e. The van der Waals surface area contributed by atoms with Crippen LogP contribution in [0.3, 0.4) is 0 Å². The van der Waals surface area contributed by atoms with Gasteiger partial charge in [-0.3, -0.25) is 23.9 Å². The normalized spacial score (nSPS) is 15.3. The van der Waals surface area contributed by atoms with Gasteiger partial charge in [-0.25, -0.2) is 13.8 Å². The van der Waals surface area contributed by atoms with Crippen molar-refractivity contribution in [2.45, 2.75) is 52.5 Å². The van der Waals surface area contributed by atoms with Gasteiger partial charge in [0.2, 0.25) is 11.8 Å². The first-order valence-corrected chi connectivity index (χ1v) is 19.8. The minimum Gasteiger partial charge on any atom is -0.341 e. The van der Waals surface area contributed by atoms with E-state index in [0.717, 1.165) is 38.6 Å². The van der Waals surface area contributed by atoms with Crippen LogP contribution in [0.2, 0.25) is 5.02 Å². The van der Waals surface area contributed by atoms with Crippen LogP contribution < -0.4 is 5.32 Å². The van der Waals surface area contributed by atoms with Gasteiger partial charge in [-0.05, 0) is 83.9 Å². The Morgan fingerprint density at radius 1 is 0.895 bits per heavy atom. The number of rotatable bonds is 12. The molecule has 6 rings (SSSR count). The molecule has 4 heterocycles. The average molecular weight is 806 g/mol. The molecule has 2 fully saturated rings. The van der Waals surface area contributed by atoms with Crippen LogP contribution in [0.15, 0.2) is 42.7 Å². The molecule has 304 valence electrons. The van der Waals surface area contributed by atoms with Gasteiger partial charge in [0.15, 0.2) is 17.5 Å². The number of hydrogen-bond acceptors (Lipinski definition) is 7. The molecule has 1 N–H and O–H groups in total. The highest BCUT2D eigenvalue weighted by Gasteiger charge is 2.30. The molecule has 4 aromatic rings. The van der Waals surface area contributed by atoms with Gasteiger partial charge >= 0.3 is 0 Å². The van der Waals surface area contributed by atoms with Gasteiger partial charge in [0, 0.05) is 80.8 Å². The summed E-state index contributed by atoms with van der Waals surface area (Å²) in [5.74, 6) is -3.19. The molecule has 0 aliphatic carbocycles. The van der Waals surface area contributed by atoms with Gasteiger partial charge in [-0.15, -0.1) is 0 Å². The lowest BCUT2D eigenvalue weighted by molar-refractivity contribution is -0.137. The Balaban J connectivity index is 1.08. The molecule has 4 amide bonds. The summed E-state index contributed by atoms with van der Waals surface area (Å²) in [4.78, 5) is 64.2. The number of likely N-dealkylation sites (tertiary alicyclic amines) is 1. The largest absolute Gasteiger partial charge is 0.341 e. The Labute approximate surface area is 336 Å². The summed E-state index contributed by atoms with van der Waals surface area (Å²) in [6.45, 7) is 7.58. The van der Waals surface area contributed by atoms with Crippen molar-refractivity contribution in [3.05, 3.63) is 76.5 Å². The number of halogens is 3. The van der Waals surface area contributed by atoms with Crippen LogP contribution in [0.25, 0.3) is 22.4 Å². The van der Waals surface area contributed by atoms with Gasteiger partial charge in [0.25, 0.3) is 11.8 Å². The third-order valence-electron chi connectivity index (χ3n) is 10.9. The second-order valence-corrected chi connectivity index (χ2v) is 15.5. The first-order valence-electron chi connectivity index (χ1n) is 19.4. The first-order chi connectivity index (χ1) is 27.3. The van der Waals surface area contributed by atoms with E-state index in [1.54, 1.807) is 29.0 Å². The van der Waals surface area contributed by atoms with Crippen LogP contribution >= 0.6 is 11.6 Å². The molecule has 0 spiro atoms. The Kier molecular flexibility index (Phi) is 13.1. The zero-order valence-electron chi connectivity index (χ0n) is 33.2. The maximum atomic E-state index is 15.7. The maximum Gasteiger partial charge on any atom is 0.291 e. The number of benzene rings is 2. The van der Waals surface area contributed by atoms with Crippen LogP contribution in [0.5, 0.6) is 0 Å². The highest BCUT2D eigenvalue weighted by molar-refractivity contribution is 6.34. The molecule has 1 atom stereocenters. The highest BCUT2D eigenvalue weighted by atomic mass is 35.5. The third kappa shape index (κ3) is 9.20. The SMILES string of the molecule is CCC(CCN(C)C)C(=O)N1CCN(C(=O)c2ccc(NC(=O)c3ncc(-c4ccc(-c5cn(CC(=O)N6CCCCC6)nc5C)c(F)c4F)n3C)cc2Cl)CC1. The zero-order chi connectivity index (χ0) is 41.0. The fourth-order valence-corrected chi connectivity index (χ4v) is 7.76. The van der Waals surface area contributed by atoms with Gasteiger partial charge in [0.05, 0.1) is 28.2 Å². The van der Waals surface area contributed by atoms with Crippen molar-refractivity contribution in [3.8, 4) is 22.4 Å². The number of amides is 4. The number of aryl methyl sites for hydroxylation is 1. The number of nitrogens with one attached hydrogen (secondary N) is 1. The minimum atomic E-state index is -1.12. The predicted octanol–water partition coefficient (Wildman–Crippen LogP) is 5.72. The van der Waals surface area contributed by atoms with E-state index in [2.05, 4.69) is 20.3 Å². The second-order valence-electron chi connectivity index (χ2n) is 15.0. The Bertz CT molecular complexity index is 2140. The van der Waals surface area contributed by atoms with E-state index in [0.29, 0.717) is 56.2 Å². The number of hydrogen-bond donors (Lipinski definition) is 1. The van der Waals surface area contributed by atoms with E-state index < -0.39 is 17.5 Å². The van der Waals surface area contributed by atoms with E-state index in [-0.39, 0.29) is 63.4 Å². The molecule has 2 aliphatic heterocycles. The van der Waals surface area contributed by atoms with Crippen molar-refractivity contribution in [2.24, 2.45) is 13.0 Å². The van der Waals surface area contributed by atoms with Crippen molar-refractivity contribution >= 4 is 40.9 Å². The molecule has 0 radical (unpaired) electrons. The number of piperidine rings is 1. The lowest BCUT2D eigenvalue weighted by Gasteiger charge is -2.36. The van der Waals surface area contributed by atoms with Crippen LogP contribution in [-0.2, 0) is 23.2 Å². The molecule has 0 saturated carbocycles. The number of carbonyl (C=O) groups is 4. The monoisotopic (exact) mass is 805 g/mol. The lowest BCUT2D eigenvalue weighted by Crippen LogP contribution is -2.52. The summed E-state index contributed by atoms with van der Waals surface area (Å²) < 4.78 is 34.2. The highest BCUT2D eigenvalue weighted by Crippen LogP contribution is 2.33. The second kappa shape index (κ2) is 18.0. The molecule has 2 aromatic heterocycles. The molecular formula is C41H50ClF2N9O4. The Morgan fingerprint density at radius 2 is 1.56 bits per heavy atom. The van der Waals surface area contributed by atoms with Crippen LogP contribution in [0.4, 0.5) is 14.5 Å². The van der Waals surface area contributed by atoms with Crippen LogP contribution in [0, 0.1) is 24.5 Å². The van der Waals surface area contributed by atoms with E-state index in [1.807, 2.05) is 25.9 Å². The van der Waals surface area contributed by atoms with Gasteiger partial charge < -0.3 is 29.5 Å². The molecule has 16 heteroatoms. The third-order valence-corrected chi connectivity index (χ3v) is 11.2. The maximum absolute atomic E-state index is 15.7. The van der Waals surface area contributed by atoms with Crippen molar-refractivity contribution < 1.29 is 28.0 Å². The summed E-state index contributed by atoms with van der Waals surface area (Å²) in [6, 6.07) is 7.42. The summed E-state index contributed by atoms with van der Waals surface area (Å²) in [5.41, 5.74) is 1.46. The van der Waals surface area contributed by atoms with Crippen molar-refractivity contribution in [3.63, 3.8) is 0 Å². The standard InChI is InChI=1S/C41H50ClF2N9O4/c1-6-27(14-17-48(3)4)40(56)51-18-20-52(21-19-51)41(57)30-11-10-28(22-33(30)42)46-39(55)38-45-23-34(49(38)5)31-13-12-29(36(43)37(31)44)32-24-53(47-26(32)2)25-35(54)50-15-8-7-9-16-50/h10-13,22-24,27H,6-9,14-21,25H2,1-5H3,(H,46,55). The summed E-state index contributed by atoms with van der Waals surface area (Å²) in [6.07, 6.45) is 7.41. The number of nitrogens with zero attached hydrogens (tertiary/aromatic N) is 8. The fraction of sp³-hybridized carbons (Fsp3) is 0.463. The van der Waals surface area contributed by atoms with Gasteiger partial charge in [-0.1, -0.05) is 24.6 Å². The molecule has 13 nitrogen and oxygen atoms in total. The zero-order valence-corrected chi connectivity index (χ0v) is 33.9. The van der Waals surface area contributed by atoms with E-state index in [1.165, 1.54) is 46.8 Å². The van der Waals surface area contributed by atoms with E-state index >= 15 is 8.78 Å². The number of piperazine rings is 1. The summed E-state index contributed by atoms with van der Waals surface area (Å²) in [5, 5.41) is 7.25.